The molecule has 1 unspecified atom stereocenters. The summed E-state index contributed by atoms with van der Waals surface area (Å²) in [5.74, 6) is 0.897. The van der Waals surface area contributed by atoms with Gasteiger partial charge in [-0.05, 0) is 25.0 Å². The molecule has 0 saturated carbocycles. The van der Waals surface area contributed by atoms with Gasteiger partial charge in [-0.1, -0.05) is 6.42 Å². The number of rotatable bonds is 7. The largest absolute Gasteiger partial charge is 0.291 e. The molecule has 3 heteroatoms. The first-order chi connectivity index (χ1) is 5.31. The van der Waals surface area contributed by atoms with E-state index in [0.29, 0.717) is 11.7 Å². The summed E-state index contributed by atoms with van der Waals surface area (Å²) >= 11 is 8.48. The van der Waals surface area contributed by atoms with Crippen LogP contribution < -0.4 is 0 Å². The molecule has 0 rings (SSSR count). The number of unbranched alkanes of at least 4 members (excludes halogenated alkanes) is 2. The average Bonchev–Trinajstić information content (AvgIpc) is 1.99. The Bertz CT molecular complexity index is 96.1. The van der Waals surface area contributed by atoms with E-state index >= 15 is 0 Å². The molecular weight excluding hydrogens is 176 g/mol. The highest BCUT2D eigenvalue weighted by Crippen LogP contribution is 2.11. The van der Waals surface area contributed by atoms with E-state index in [-0.39, 0.29) is 0 Å². The van der Waals surface area contributed by atoms with Crippen LogP contribution >= 0.6 is 25.3 Å². The average molecular weight is 191 g/mol. The molecule has 0 aromatic rings. The van der Waals surface area contributed by atoms with Gasteiger partial charge >= 0.3 is 0 Å². The highest BCUT2D eigenvalue weighted by molar-refractivity contribution is 7.81. The monoisotopic (exact) mass is 191 g/mol. The fourth-order valence-electron chi connectivity index (χ4n) is 0.870. The molecule has 0 aromatic heterocycles. The standard InChI is InChI=1S/C8H15OS2/c9-6-3-1-2-4-8(11)5-7-10/h8,10-11H,1-5,7H2. The van der Waals surface area contributed by atoms with Gasteiger partial charge in [0.2, 0.25) is 0 Å². The Morgan fingerprint density at radius 3 is 2.55 bits per heavy atom. The van der Waals surface area contributed by atoms with Gasteiger partial charge in [0.1, 0.15) is 0 Å². The van der Waals surface area contributed by atoms with E-state index in [4.69, 9.17) is 0 Å². The molecule has 0 heterocycles. The second kappa shape index (κ2) is 8.47. The fraction of sp³-hybridized carbons (Fsp3) is 0.875. The van der Waals surface area contributed by atoms with Gasteiger partial charge in [0.25, 0.3) is 0 Å². The molecule has 65 valence electrons. The summed E-state index contributed by atoms with van der Waals surface area (Å²) in [5.41, 5.74) is 0. The predicted octanol–water partition coefficient (Wildman–Crippen LogP) is 2.27. The lowest BCUT2D eigenvalue weighted by Gasteiger charge is -2.06. The van der Waals surface area contributed by atoms with Crippen molar-refractivity contribution in [2.75, 3.05) is 5.75 Å². The van der Waals surface area contributed by atoms with E-state index in [1.165, 1.54) is 0 Å². The van der Waals surface area contributed by atoms with Gasteiger partial charge in [0.15, 0.2) is 6.29 Å². The van der Waals surface area contributed by atoms with Gasteiger partial charge in [0, 0.05) is 11.7 Å². The molecule has 11 heavy (non-hydrogen) atoms. The molecule has 0 fully saturated rings. The molecule has 0 saturated heterocycles. The zero-order chi connectivity index (χ0) is 8.53. The Balaban J connectivity index is 3.03. The molecule has 0 amide bonds. The van der Waals surface area contributed by atoms with Gasteiger partial charge in [-0.25, -0.2) is 0 Å². The van der Waals surface area contributed by atoms with E-state index in [9.17, 15) is 4.79 Å². The van der Waals surface area contributed by atoms with Crippen LogP contribution in [0.25, 0.3) is 0 Å². The van der Waals surface area contributed by atoms with Gasteiger partial charge in [-0.2, -0.15) is 25.3 Å². The summed E-state index contributed by atoms with van der Waals surface area (Å²) in [4.78, 5) is 9.82. The van der Waals surface area contributed by atoms with Crippen LogP contribution in [0.3, 0.4) is 0 Å². The third-order valence-corrected chi connectivity index (χ3v) is 2.30. The quantitative estimate of drug-likeness (QED) is 0.466. The molecule has 0 bridgehead atoms. The minimum atomic E-state index is 0.458. The van der Waals surface area contributed by atoms with Crippen molar-refractivity contribution in [1.82, 2.24) is 0 Å². The van der Waals surface area contributed by atoms with Crippen molar-refractivity contribution in [3.63, 3.8) is 0 Å². The third-order valence-electron chi connectivity index (χ3n) is 1.53. The lowest BCUT2D eigenvalue weighted by Crippen LogP contribution is -1.99. The Hall–Kier alpha value is 0.370. The summed E-state index contributed by atoms with van der Waals surface area (Å²) in [5, 5.41) is 0.458. The van der Waals surface area contributed by atoms with E-state index in [1.807, 2.05) is 6.29 Å². The second-order valence-corrected chi connectivity index (χ2v) is 3.73. The van der Waals surface area contributed by atoms with Crippen LogP contribution in [-0.2, 0) is 4.79 Å². The zero-order valence-electron chi connectivity index (χ0n) is 6.62. The fourth-order valence-corrected chi connectivity index (χ4v) is 1.70. The first-order valence-electron chi connectivity index (χ1n) is 3.95. The molecule has 1 nitrogen and oxygen atoms in total. The van der Waals surface area contributed by atoms with Crippen molar-refractivity contribution in [1.29, 1.82) is 0 Å². The Morgan fingerprint density at radius 1 is 1.27 bits per heavy atom. The van der Waals surface area contributed by atoms with Crippen molar-refractivity contribution in [3.8, 4) is 0 Å². The molecule has 0 aromatic carbocycles. The Labute approximate surface area is 79.8 Å². The van der Waals surface area contributed by atoms with Crippen LogP contribution in [0.2, 0.25) is 0 Å². The summed E-state index contributed by atoms with van der Waals surface area (Å²) in [6.45, 7) is 0. The zero-order valence-corrected chi connectivity index (χ0v) is 8.41. The molecule has 1 radical (unpaired) electrons. The normalized spacial score (nSPS) is 12.9. The summed E-state index contributed by atoms with van der Waals surface area (Å²) in [6, 6.07) is 0. The number of hydrogen-bond donors (Lipinski definition) is 2. The lowest BCUT2D eigenvalue weighted by molar-refractivity contribution is 0.544. The van der Waals surface area contributed by atoms with Crippen LogP contribution in [-0.4, -0.2) is 17.3 Å². The van der Waals surface area contributed by atoms with E-state index in [2.05, 4.69) is 25.3 Å². The highest BCUT2D eigenvalue weighted by Gasteiger charge is 2.00. The van der Waals surface area contributed by atoms with Crippen molar-refractivity contribution in [2.24, 2.45) is 0 Å². The molecule has 0 spiro atoms. The molecular formula is C8H15OS2. The maximum Gasteiger partial charge on any atom is 0.198 e. The van der Waals surface area contributed by atoms with Crippen LogP contribution in [0.4, 0.5) is 0 Å². The maximum atomic E-state index is 9.82. The van der Waals surface area contributed by atoms with Gasteiger partial charge in [0.05, 0.1) is 0 Å². The topological polar surface area (TPSA) is 17.1 Å². The minimum absolute atomic E-state index is 0.458. The van der Waals surface area contributed by atoms with Gasteiger partial charge in [-0.15, -0.1) is 0 Å². The highest BCUT2D eigenvalue weighted by atomic mass is 32.1. The molecule has 0 aliphatic heterocycles. The first-order valence-corrected chi connectivity index (χ1v) is 5.10. The Kier molecular flexibility index (Phi) is 8.75. The number of hydrogen-bond acceptors (Lipinski definition) is 3. The van der Waals surface area contributed by atoms with E-state index in [0.717, 1.165) is 31.4 Å². The molecule has 0 N–H and O–H groups in total. The number of carbonyl (C=O) groups excluding carboxylic acids is 1. The van der Waals surface area contributed by atoms with Crippen molar-refractivity contribution < 1.29 is 4.79 Å². The van der Waals surface area contributed by atoms with Crippen LogP contribution in [0.5, 0.6) is 0 Å². The minimum Gasteiger partial charge on any atom is -0.291 e. The van der Waals surface area contributed by atoms with Gasteiger partial charge in [-0.3, -0.25) is 4.79 Å². The molecule has 0 aliphatic carbocycles. The van der Waals surface area contributed by atoms with E-state index < -0.39 is 0 Å². The maximum absolute atomic E-state index is 9.82. The SMILES string of the molecule is O=[C]CCCCC(S)CCS. The van der Waals surface area contributed by atoms with Crippen LogP contribution in [0.1, 0.15) is 32.1 Å². The van der Waals surface area contributed by atoms with Crippen molar-refractivity contribution in [2.45, 2.75) is 37.4 Å². The lowest BCUT2D eigenvalue weighted by atomic mass is 10.1. The predicted molar refractivity (Wildman–Crippen MR) is 55.4 cm³/mol. The van der Waals surface area contributed by atoms with Crippen molar-refractivity contribution in [3.05, 3.63) is 0 Å². The summed E-state index contributed by atoms with van der Waals surface area (Å²) in [7, 11) is 0. The first kappa shape index (κ1) is 11.4. The van der Waals surface area contributed by atoms with E-state index in [1.54, 1.807) is 0 Å². The number of thiol groups is 2. The second-order valence-electron chi connectivity index (χ2n) is 2.56. The molecule has 1 atom stereocenters. The van der Waals surface area contributed by atoms with Crippen LogP contribution in [0, 0.1) is 0 Å². The van der Waals surface area contributed by atoms with Crippen LogP contribution in [0.15, 0.2) is 0 Å². The Morgan fingerprint density at radius 2 is 2.00 bits per heavy atom. The smallest absolute Gasteiger partial charge is 0.198 e. The van der Waals surface area contributed by atoms with Crippen molar-refractivity contribution >= 4 is 31.5 Å². The summed E-state index contributed by atoms with van der Waals surface area (Å²) < 4.78 is 0. The molecule has 0 aliphatic rings. The van der Waals surface area contributed by atoms with Gasteiger partial charge < -0.3 is 0 Å². The third kappa shape index (κ3) is 8.27. The summed E-state index contributed by atoms with van der Waals surface area (Å²) in [6.07, 6.45) is 6.63.